The first-order valence-electron chi connectivity index (χ1n) is 6.47. The van der Waals surface area contributed by atoms with Crippen molar-refractivity contribution < 1.29 is 9.47 Å². The Morgan fingerprint density at radius 2 is 1.76 bits per heavy atom. The minimum absolute atomic E-state index is 0.179. The van der Waals surface area contributed by atoms with Crippen molar-refractivity contribution in [1.29, 1.82) is 5.26 Å². The van der Waals surface area contributed by atoms with E-state index < -0.39 is 0 Å². The number of nitrogens with zero attached hydrogens (tertiary/aromatic N) is 4. The van der Waals surface area contributed by atoms with Crippen molar-refractivity contribution in [2.45, 2.75) is 13.1 Å². The van der Waals surface area contributed by atoms with E-state index in [1.807, 2.05) is 18.2 Å². The van der Waals surface area contributed by atoms with E-state index in [2.05, 4.69) is 14.9 Å². The molecule has 0 saturated heterocycles. The van der Waals surface area contributed by atoms with Crippen molar-refractivity contribution in [3.63, 3.8) is 0 Å². The third kappa shape index (κ3) is 2.34. The minimum atomic E-state index is 0.179. The highest BCUT2D eigenvalue weighted by molar-refractivity contribution is 5.54. The molecule has 2 heterocycles. The molecule has 0 amide bonds. The number of hydrogen-bond acceptors (Lipinski definition) is 6. The molecule has 6 heteroatoms. The summed E-state index contributed by atoms with van der Waals surface area (Å²) in [6, 6.07) is 7.74. The van der Waals surface area contributed by atoms with Gasteiger partial charge in [0.2, 0.25) is 5.82 Å². The summed E-state index contributed by atoms with van der Waals surface area (Å²) >= 11 is 0. The van der Waals surface area contributed by atoms with Gasteiger partial charge >= 0.3 is 0 Å². The first-order valence-corrected chi connectivity index (χ1v) is 6.47. The molecule has 0 spiro atoms. The fourth-order valence-corrected chi connectivity index (χ4v) is 2.47. The molecule has 0 saturated carbocycles. The van der Waals surface area contributed by atoms with Gasteiger partial charge < -0.3 is 14.4 Å². The Balaban J connectivity index is 1.92. The highest BCUT2D eigenvalue weighted by Crippen LogP contribution is 2.36. The lowest BCUT2D eigenvalue weighted by Gasteiger charge is -2.15. The lowest BCUT2D eigenvalue weighted by atomic mass is 10.1. The number of anilines is 1. The lowest BCUT2D eigenvalue weighted by Crippen LogP contribution is -2.16. The molecule has 0 bridgehead atoms. The number of methoxy groups -OCH3 is 2. The summed E-state index contributed by atoms with van der Waals surface area (Å²) in [4.78, 5) is 10.2. The van der Waals surface area contributed by atoms with Crippen molar-refractivity contribution in [1.82, 2.24) is 9.97 Å². The van der Waals surface area contributed by atoms with Crippen LogP contribution in [-0.4, -0.2) is 24.2 Å². The van der Waals surface area contributed by atoms with E-state index in [0.29, 0.717) is 0 Å². The number of rotatable bonds is 3. The Morgan fingerprint density at radius 3 is 2.29 bits per heavy atom. The maximum atomic E-state index is 8.89. The van der Waals surface area contributed by atoms with Gasteiger partial charge in [0.1, 0.15) is 11.9 Å². The van der Waals surface area contributed by atoms with Crippen LogP contribution in [0.3, 0.4) is 0 Å². The Bertz CT molecular complexity index is 691. The van der Waals surface area contributed by atoms with Crippen LogP contribution in [0, 0.1) is 11.3 Å². The standard InChI is InChI=1S/C15H14N4O2/c1-20-12-5-10-8-19(9-11(10)6-13(12)21-2)15-3-4-17-14(7-16)18-15/h3-6H,8-9H2,1-2H3. The van der Waals surface area contributed by atoms with E-state index in [4.69, 9.17) is 14.7 Å². The first kappa shape index (κ1) is 13.2. The second-order valence-corrected chi connectivity index (χ2v) is 4.68. The first-order chi connectivity index (χ1) is 10.2. The summed E-state index contributed by atoms with van der Waals surface area (Å²) in [6.45, 7) is 1.44. The normalized spacial score (nSPS) is 12.7. The molecule has 0 fully saturated rings. The number of benzene rings is 1. The van der Waals surface area contributed by atoms with Crippen LogP contribution >= 0.6 is 0 Å². The Hall–Kier alpha value is -2.81. The van der Waals surface area contributed by atoms with Crippen LogP contribution in [0.4, 0.5) is 5.82 Å². The van der Waals surface area contributed by atoms with Crippen molar-refractivity contribution >= 4 is 5.82 Å². The fraction of sp³-hybridized carbons (Fsp3) is 0.267. The van der Waals surface area contributed by atoms with E-state index >= 15 is 0 Å². The Kier molecular flexibility index (Phi) is 3.32. The summed E-state index contributed by atoms with van der Waals surface area (Å²) in [7, 11) is 3.25. The van der Waals surface area contributed by atoms with E-state index in [-0.39, 0.29) is 5.82 Å². The van der Waals surface area contributed by atoms with E-state index in [9.17, 15) is 0 Å². The average Bonchev–Trinajstić information content (AvgIpc) is 2.96. The van der Waals surface area contributed by atoms with Crippen LogP contribution in [-0.2, 0) is 13.1 Å². The average molecular weight is 282 g/mol. The number of aromatic nitrogens is 2. The van der Waals surface area contributed by atoms with E-state index in [1.165, 1.54) is 11.1 Å². The van der Waals surface area contributed by atoms with Crippen LogP contribution in [0.5, 0.6) is 11.5 Å². The Morgan fingerprint density at radius 1 is 1.14 bits per heavy atom. The van der Waals surface area contributed by atoms with E-state index in [0.717, 1.165) is 30.4 Å². The number of hydrogen-bond donors (Lipinski definition) is 0. The summed E-state index contributed by atoms with van der Waals surface area (Å²) in [5.41, 5.74) is 2.34. The van der Waals surface area contributed by atoms with Gasteiger partial charge in [-0.25, -0.2) is 9.97 Å². The van der Waals surface area contributed by atoms with Gasteiger partial charge in [-0.3, -0.25) is 0 Å². The minimum Gasteiger partial charge on any atom is -0.493 e. The highest BCUT2D eigenvalue weighted by Gasteiger charge is 2.23. The molecule has 3 rings (SSSR count). The molecule has 1 aromatic heterocycles. The number of fused-ring (bicyclic) bond motifs is 1. The zero-order chi connectivity index (χ0) is 14.8. The van der Waals surface area contributed by atoms with Crippen LogP contribution in [0.1, 0.15) is 17.0 Å². The maximum Gasteiger partial charge on any atom is 0.234 e. The molecule has 0 unspecified atom stereocenters. The van der Waals surface area contributed by atoms with Gasteiger partial charge in [0, 0.05) is 19.3 Å². The maximum absolute atomic E-state index is 8.89. The predicted octanol–water partition coefficient (Wildman–Crippen LogP) is 1.89. The predicted molar refractivity (Wildman–Crippen MR) is 76.2 cm³/mol. The van der Waals surface area contributed by atoms with Gasteiger partial charge in [0.15, 0.2) is 11.5 Å². The summed E-state index contributed by atoms with van der Waals surface area (Å²) < 4.78 is 10.7. The second kappa shape index (κ2) is 5.29. The molecular weight excluding hydrogens is 268 g/mol. The number of ether oxygens (including phenoxy) is 2. The fourth-order valence-electron chi connectivity index (χ4n) is 2.47. The molecule has 1 aromatic carbocycles. The second-order valence-electron chi connectivity index (χ2n) is 4.68. The smallest absolute Gasteiger partial charge is 0.234 e. The summed E-state index contributed by atoms with van der Waals surface area (Å²) in [5.74, 6) is 2.37. The molecular formula is C15H14N4O2. The molecule has 6 nitrogen and oxygen atoms in total. The molecule has 2 aromatic rings. The SMILES string of the molecule is COc1cc2c(cc1OC)CN(c1ccnc(C#N)n1)C2. The third-order valence-corrected chi connectivity index (χ3v) is 3.49. The zero-order valence-corrected chi connectivity index (χ0v) is 11.8. The summed E-state index contributed by atoms with van der Waals surface area (Å²) in [5, 5.41) is 8.89. The van der Waals surface area contributed by atoms with Gasteiger partial charge in [-0.1, -0.05) is 0 Å². The highest BCUT2D eigenvalue weighted by atomic mass is 16.5. The molecule has 0 radical (unpaired) electrons. The quantitative estimate of drug-likeness (QED) is 0.856. The van der Waals surface area contributed by atoms with Crippen molar-refractivity contribution in [2.24, 2.45) is 0 Å². The van der Waals surface area contributed by atoms with Crippen LogP contribution in [0.2, 0.25) is 0 Å². The molecule has 21 heavy (non-hydrogen) atoms. The van der Waals surface area contributed by atoms with Crippen molar-refractivity contribution in [3.05, 3.63) is 41.3 Å². The Labute approximate surface area is 122 Å². The molecule has 106 valence electrons. The van der Waals surface area contributed by atoms with Crippen molar-refractivity contribution in [2.75, 3.05) is 19.1 Å². The van der Waals surface area contributed by atoms with Crippen molar-refractivity contribution in [3.8, 4) is 17.6 Å². The number of nitriles is 1. The third-order valence-electron chi connectivity index (χ3n) is 3.49. The molecule has 0 N–H and O–H groups in total. The molecule has 1 aliphatic rings. The monoisotopic (exact) mass is 282 g/mol. The molecule has 0 aliphatic carbocycles. The van der Waals surface area contributed by atoms with Crippen LogP contribution in [0.15, 0.2) is 24.4 Å². The van der Waals surface area contributed by atoms with Gasteiger partial charge in [0.25, 0.3) is 0 Å². The topological polar surface area (TPSA) is 71.3 Å². The van der Waals surface area contributed by atoms with E-state index in [1.54, 1.807) is 26.5 Å². The van der Waals surface area contributed by atoms with Crippen LogP contribution in [0.25, 0.3) is 0 Å². The zero-order valence-electron chi connectivity index (χ0n) is 11.8. The van der Waals surface area contributed by atoms with Gasteiger partial charge in [0.05, 0.1) is 14.2 Å². The van der Waals surface area contributed by atoms with Crippen LogP contribution < -0.4 is 14.4 Å². The van der Waals surface area contributed by atoms with Gasteiger partial charge in [-0.2, -0.15) is 5.26 Å². The largest absolute Gasteiger partial charge is 0.493 e. The molecule has 0 atom stereocenters. The molecule has 1 aliphatic heterocycles. The van der Waals surface area contributed by atoms with Gasteiger partial charge in [-0.15, -0.1) is 0 Å². The van der Waals surface area contributed by atoms with Gasteiger partial charge in [-0.05, 0) is 29.3 Å². The lowest BCUT2D eigenvalue weighted by molar-refractivity contribution is 0.354. The summed E-state index contributed by atoms with van der Waals surface area (Å²) in [6.07, 6.45) is 1.60.